The van der Waals surface area contributed by atoms with Crippen LogP contribution in [0.25, 0.3) is 11.0 Å². The fourth-order valence-corrected chi connectivity index (χ4v) is 3.13. The van der Waals surface area contributed by atoms with Gasteiger partial charge < -0.3 is 15.0 Å². The van der Waals surface area contributed by atoms with Gasteiger partial charge in [0, 0.05) is 31.0 Å². The molecule has 0 aliphatic rings. The van der Waals surface area contributed by atoms with Crippen molar-refractivity contribution < 1.29 is 9.90 Å². The van der Waals surface area contributed by atoms with Crippen LogP contribution in [0.5, 0.6) is 0 Å². The maximum atomic E-state index is 11.9. The van der Waals surface area contributed by atoms with E-state index in [4.69, 9.17) is 16.6 Å². The Hall–Kier alpha value is -2.37. The first kappa shape index (κ1) is 19.4. The molecule has 0 saturated heterocycles. The number of halogens is 1. The van der Waals surface area contributed by atoms with Crippen LogP contribution in [0.15, 0.2) is 48.5 Å². The van der Waals surface area contributed by atoms with Crippen LogP contribution in [0.3, 0.4) is 0 Å². The maximum Gasteiger partial charge on any atom is 0.220 e. The van der Waals surface area contributed by atoms with Gasteiger partial charge in [-0.05, 0) is 43.2 Å². The number of benzene rings is 2. The van der Waals surface area contributed by atoms with Crippen LogP contribution in [-0.4, -0.2) is 33.2 Å². The summed E-state index contributed by atoms with van der Waals surface area (Å²) in [5, 5.41) is 12.9. The number of hydrogen-bond acceptors (Lipinski definition) is 3. The molecule has 2 N–H and O–H groups in total. The number of aliphatic hydroxyl groups is 1. The van der Waals surface area contributed by atoms with E-state index in [2.05, 4.69) is 16.0 Å². The highest BCUT2D eigenvalue weighted by Gasteiger charge is 2.12. The Labute approximate surface area is 164 Å². The minimum Gasteiger partial charge on any atom is -0.393 e. The number of carbonyl (C=O) groups is 1. The number of para-hydroxylation sites is 2. The molecule has 3 rings (SSSR count). The van der Waals surface area contributed by atoms with Crippen molar-refractivity contribution in [3.8, 4) is 0 Å². The number of imidazole rings is 1. The zero-order valence-corrected chi connectivity index (χ0v) is 16.1. The number of nitrogens with zero attached hydrogens (tertiary/aromatic N) is 2. The first-order valence-electron chi connectivity index (χ1n) is 9.16. The summed E-state index contributed by atoms with van der Waals surface area (Å²) in [7, 11) is 0. The molecule has 1 amide bonds. The van der Waals surface area contributed by atoms with Gasteiger partial charge in [-0.25, -0.2) is 4.98 Å². The number of amides is 1. The maximum absolute atomic E-state index is 11.9. The lowest BCUT2D eigenvalue weighted by Crippen LogP contribution is -2.27. The molecule has 0 aliphatic heterocycles. The highest BCUT2D eigenvalue weighted by Crippen LogP contribution is 2.19. The summed E-state index contributed by atoms with van der Waals surface area (Å²) in [4.78, 5) is 16.6. The third-order valence-corrected chi connectivity index (χ3v) is 4.70. The van der Waals surface area contributed by atoms with E-state index < -0.39 is 6.10 Å². The van der Waals surface area contributed by atoms with Crippen molar-refractivity contribution in [2.75, 3.05) is 6.54 Å². The van der Waals surface area contributed by atoms with Crippen molar-refractivity contribution in [2.24, 2.45) is 0 Å². The van der Waals surface area contributed by atoms with E-state index in [-0.39, 0.29) is 5.91 Å². The van der Waals surface area contributed by atoms with Crippen molar-refractivity contribution in [1.82, 2.24) is 14.9 Å². The molecule has 27 heavy (non-hydrogen) atoms. The summed E-state index contributed by atoms with van der Waals surface area (Å²) in [5.74, 6) is 0.887. The Morgan fingerprint density at radius 3 is 2.70 bits per heavy atom. The molecule has 0 bridgehead atoms. The van der Waals surface area contributed by atoms with Crippen LogP contribution in [-0.2, 0) is 17.8 Å². The Balaban J connectivity index is 1.72. The van der Waals surface area contributed by atoms with Gasteiger partial charge in [-0.3, -0.25) is 4.79 Å². The molecule has 142 valence electrons. The normalized spacial score (nSPS) is 12.3. The second kappa shape index (κ2) is 9.02. The molecular weight excluding hydrogens is 362 g/mol. The lowest BCUT2D eigenvalue weighted by Gasteiger charge is -2.11. The molecule has 0 fully saturated rings. The second-order valence-corrected chi connectivity index (χ2v) is 7.15. The van der Waals surface area contributed by atoms with Gasteiger partial charge in [0.05, 0.1) is 17.1 Å². The third kappa shape index (κ3) is 5.31. The summed E-state index contributed by atoms with van der Waals surface area (Å²) in [6.45, 7) is 2.90. The van der Waals surface area contributed by atoms with E-state index in [1.807, 2.05) is 42.5 Å². The van der Waals surface area contributed by atoms with E-state index in [9.17, 15) is 9.90 Å². The second-order valence-electron chi connectivity index (χ2n) is 6.72. The van der Waals surface area contributed by atoms with Crippen LogP contribution < -0.4 is 5.32 Å². The Kier molecular flexibility index (Phi) is 6.48. The molecule has 6 heteroatoms. The molecule has 1 aromatic heterocycles. The van der Waals surface area contributed by atoms with Crippen molar-refractivity contribution in [1.29, 1.82) is 0 Å². The van der Waals surface area contributed by atoms with E-state index >= 15 is 0 Å². The Morgan fingerprint density at radius 1 is 1.22 bits per heavy atom. The largest absolute Gasteiger partial charge is 0.393 e. The van der Waals surface area contributed by atoms with Gasteiger partial charge in [0.25, 0.3) is 0 Å². The molecule has 0 spiro atoms. The lowest BCUT2D eigenvalue weighted by atomic mass is 10.2. The highest BCUT2D eigenvalue weighted by atomic mass is 35.5. The van der Waals surface area contributed by atoms with Gasteiger partial charge >= 0.3 is 0 Å². The highest BCUT2D eigenvalue weighted by molar-refractivity contribution is 6.30. The summed E-state index contributed by atoms with van der Waals surface area (Å²) in [5.41, 5.74) is 3.16. The molecule has 2 aromatic carbocycles. The average molecular weight is 386 g/mol. The zero-order chi connectivity index (χ0) is 19.2. The number of nitrogens with one attached hydrogen (secondary N) is 1. The smallest absolute Gasteiger partial charge is 0.220 e. The molecule has 1 atom stereocenters. The number of fused-ring (bicyclic) bond motifs is 1. The molecule has 0 radical (unpaired) electrons. The Morgan fingerprint density at radius 2 is 1.96 bits per heavy atom. The van der Waals surface area contributed by atoms with Crippen LogP contribution >= 0.6 is 11.6 Å². The quantitative estimate of drug-likeness (QED) is 0.623. The fourth-order valence-electron chi connectivity index (χ4n) is 3.01. The average Bonchev–Trinajstić information content (AvgIpc) is 2.99. The van der Waals surface area contributed by atoms with Crippen LogP contribution in [0.4, 0.5) is 0 Å². The monoisotopic (exact) mass is 385 g/mol. The minimum absolute atomic E-state index is 0.0451. The number of rotatable bonds is 8. The predicted molar refractivity (Wildman–Crippen MR) is 108 cm³/mol. The molecule has 0 aliphatic carbocycles. The van der Waals surface area contributed by atoms with Crippen molar-refractivity contribution in [3.05, 3.63) is 64.9 Å². The summed E-state index contributed by atoms with van der Waals surface area (Å²) < 4.78 is 2.18. The van der Waals surface area contributed by atoms with Gasteiger partial charge in [0.2, 0.25) is 5.91 Å². The number of carbonyl (C=O) groups excluding carboxylic acids is 1. The summed E-state index contributed by atoms with van der Waals surface area (Å²) in [6.07, 6.45) is 0.988. The van der Waals surface area contributed by atoms with Gasteiger partial charge in [-0.2, -0.15) is 0 Å². The van der Waals surface area contributed by atoms with E-state index in [1.54, 1.807) is 6.92 Å². The lowest BCUT2D eigenvalue weighted by molar-refractivity contribution is -0.121. The number of hydrogen-bond donors (Lipinski definition) is 2. The standard InChI is InChI=1S/C21H24ClN3O2/c1-15(26)6-11-21(27)23-13-12-20-24-18-4-2-3-5-19(18)25(20)14-16-7-9-17(22)10-8-16/h2-5,7-10,15,26H,6,11-14H2,1H3,(H,23,27)/t15-/m0/s1. The van der Waals surface area contributed by atoms with Crippen molar-refractivity contribution in [2.45, 2.75) is 38.8 Å². The van der Waals surface area contributed by atoms with E-state index in [0.29, 0.717) is 32.4 Å². The van der Waals surface area contributed by atoms with Gasteiger partial charge in [-0.1, -0.05) is 35.9 Å². The molecule has 0 saturated carbocycles. The minimum atomic E-state index is -0.459. The first-order valence-corrected chi connectivity index (χ1v) is 9.54. The van der Waals surface area contributed by atoms with Crippen LogP contribution in [0.1, 0.15) is 31.2 Å². The molecule has 0 unspecified atom stereocenters. The van der Waals surface area contributed by atoms with Crippen molar-refractivity contribution >= 4 is 28.5 Å². The van der Waals surface area contributed by atoms with Gasteiger partial charge in [0.1, 0.15) is 5.82 Å². The zero-order valence-electron chi connectivity index (χ0n) is 15.4. The predicted octanol–water partition coefficient (Wildman–Crippen LogP) is 3.56. The van der Waals surface area contributed by atoms with Crippen LogP contribution in [0, 0.1) is 0 Å². The van der Waals surface area contributed by atoms with E-state index in [0.717, 1.165) is 27.4 Å². The summed E-state index contributed by atoms with van der Waals surface area (Å²) >= 11 is 5.99. The van der Waals surface area contributed by atoms with Gasteiger partial charge in [-0.15, -0.1) is 0 Å². The summed E-state index contributed by atoms with van der Waals surface area (Å²) in [6, 6.07) is 15.8. The molecular formula is C21H24ClN3O2. The van der Waals surface area contributed by atoms with Gasteiger partial charge in [0.15, 0.2) is 0 Å². The molecule has 1 heterocycles. The van der Waals surface area contributed by atoms with Crippen LogP contribution in [0.2, 0.25) is 5.02 Å². The van der Waals surface area contributed by atoms with E-state index in [1.165, 1.54) is 0 Å². The molecule has 3 aromatic rings. The topological polar surface area (TPSA) is 67.2 Å². The molecule has 5 nitrogen and oxygen atoms in total. The fraction of sp³-hybridized carbons (Fsp3) is 0.333. The number of aliphatic hydroxyl groups excluding tert-OH is 1. The first-order chi connectivity index (χ1) is 13.0. The third-order valence-electron chi connectivity index (χ3n) is 4.45. The van der Waals surface area contributed by atoms with Crippen molar-refractivity contribution in [3.63, 3.8) is 0 Å². The Bertz CT molecular complexity index is 903. The number of aromatic nitrogens is 2. The SMILES string of the molecule is C[C@H](O)CCC(=O)NCCc1nc2ccccc2n1Cc1ccc(Cl)cc1.